The lowest BCUT2D eigenvalue weighted by atomic mass is 10.0. The smallest absolute Gasteiger partial charge is 0.0805 e. The monoisotopic (exact) mass is 241 g/mol. The highest BCUT2D eigenvalue weighted by atomic mass is 16.3. The van der Waals surface area contributed by atoms with Gasteiger partial charge in [0, 0.05) is 24.5 Å². The van der Waals surface area contributed by atoms with E-state index < -0.39 is 0 Å². The van der Waals surface area contributed by atoms with Crippen molar-refractivity contribution in [3.63, 3.8) is 0 Å². The van der Waals surface area contributed by atoms with Crippen LogP contribution in [0.25, 0.3) is 0 Å². The maximum absolute atomic E-state index is 10.3. The molecule has 0 radical (unpaired) electrons. The molecule has 1 aromatic carbocycles. The van der Waals surface area contributed by atoms with Crippen LogP contribution < -0.4 is 0 Å². The van der Waals surface area contributed by atoms with Crippen LogP contribution in [0.3, 0.4) is 0 Å². The average molecular weight is 241 g/mol. The van der Waals surface area contributed by atoms with E-state index in [4.69, 9.17) is 0 Å². The van der Waals surface area contributed by atoms with E-state index in [1.165, 1.54) is 5.56 Å². The third-order valence-electron chi connectivity index (χ3n) is 4.04. The van der Waals surface area contributed by atoms with Gasteiger partial charge >= 0.3 is 0 Å². The Kier molecular flexibility index (Phi) is 3.06. The van der Waals surface area contributed by atoms with Gasteiger partial charge in [-0.25, -0.2) is 0 Å². The molecule has 1 fully saturated rings. The highest BCUT2D eigenvalue weighted by Crippen LogP contribution is 2.36. The van der Waals surface area contributed by atoms with Gasteiger partial charge in [0.1, 0.15) is 0 Å². The normalized spacial score (nSPS) is 29.4. The van der Waals surface area contributed by atoms with Gasteiger partial charge < -0.3 is 5.11 Å². The third-order valence-corrected chi connectivity index (χ3v) is 4.04. The lowest BCUT2D eigenvalue weighted by molar-refractivity contribution is 0.126. The quantitative estimate of drug-likeness (QED) is 0.819. The van der Waals surface area contributed by atoms with E-state index in [1.807, 2.05) is 18.2 Å². The number of allylic oxidation sites excluding steroid dienone is 2. The largest absolute Gasteiger partial charge is 0.390 e. The van der Waals surface area contributed by atoms with Crippen LogP contribution in [0.4, 0.5) is 0 Å². The van der Waals surface area contributed by atoms with Gasteiger partial charge in [-0.05, 0) is 12.5 Å². The summed E-state index contributed by atoms with van der Waals surface area (Å²) >= 11 is 0. The van der Waals surface area contributed by atoms with Crippen molar-refractivity contribution in [3.05, 3.63) is 60.2 Å². The lowest BCUT2D eigenvalue weighted by Gasteiger charge is -2.19. The Balaban J connectivity index is 1.63. The number of aliphatic hydroxyl groups excluding tert-OH is 1. The Bertz CT molecular complexity index is 453. The molecule has 1 aromatic rings. The zero-order chi connectivity index (χ0) is 12.5. The zero-order valence-corrected chi connectivity index (χ0v) is 10.6. The van der Waals surface area contributed by atoms with Crippen molar-refractivity contribution < 1.29 is 5.11 Å². The standard InChI is InChI=1S/C16H19NO/c1-12(13-7-3-2-4-8-13)17-11-15(17)16(18)14-9-5-6-10-14/h2-10,12,14-16,18H,11H2,1H3/t12-,15+,16+,17?/m1/s1. The molecule has 94 valence electrons. The predicted molar refractivity (Wildman–Crippen MR) is 73.1 cm³/mol. The van der Waals surface area contributed by atoms with Crippen molar-refractivity contribution in [2.45, 2.75) is 25.1 Å². The van der Waals surface area contributed by atoms with Gasteiger partial charge in [-0.2, -0.15) is 0 Å². The van der Waals surface area contributed by atoms with Crippen LogP contribution in [0.15, 0.2) is 54.6 Å². The maximum atomic E-state index is 10.3. The summed E-state index contributed by atoms with van der Waals surface area (Å²) < 4.78 is 0. The fourth-order valence-electron chi connectivity index (χ4n) is 2.77. The second-order valence-electron chi connectivity index (χ2n) is 5.19. The predicted octanol–water partition coefficient (Wildman–Crippen LogP) is 2.53. The Labute approximate surface area is 108 Å². The first kappa shape index (κ1) is 11.7. The van der Waals surface area contributed by atoms with Crippen LogP contribution in [-0.4, -0.2) is 28.7 Å². The molecule has 1 unspecified atom stereocenters. The van der Waals surface area contributed by atoms with E-state index in [0.717, 1.165) is 6.54 Å². The number of rotatable bonds is 4. The molecule has 2 aliphatic rings. The van der Waals surface area contributed by atoms with Crippen molar-refractivity contribution in [2.75, 3.05) is 6.54 Å². The van der Waals surface area contributed by atoms with Gasteiger partial charge in [-0.15, -0.1) is 0 Å². The minimum absolute atomic E-state index is 0.197. The number of benzene rings is 1. The van der Waals surface area contributed by atoms with Crippen molar-refractivity contribution in [3.8, 4) is 0 Å². The SMILES string of the molecule is C[C@H](c1ccccc1)N1C[C@H]1[C@@H](O)C1C=CC=C1. The second-order valence-corrected chi connectivity index (χ2v) is 5.19. The van der Waals surface area contributed by atoms with Crippen LogP contribution in [0.1, 0.15) is 18.5 Å². The minimum atomic E-state index is -0.272. The van der Waals surface area contributed by atoms with Gasteiger partial charge in [0.05, 0.1) is 6.10 Å². The van der Waals surface area contributed by atoms with Crippen LogP contribution in [0, 0.1) is 5.92 Å². The average Bonchev–Trinajstić information content (AvgIpc) is 3.03. The fourth-order valence-corrected chi connectivity index (χ4v) is 2.77. The van der Waals surface area contributed by atoms with Gasteiger partial charge in [-0.1, -0.05) is 54.6 Å². The Morgan fingerprint density at radius 3 is 2.50 bits per heavy atom. The van der Waals surface area contributed by atoms with Crippen LogP contribution in [0.2, 0.25) is 0 Å². The van der Waals surface area contributed by atoms with Crippen molar-refractivity contribution in [1.29, 1.82) is 0 Å². The number of hydrogen-bond donors (Lipinski definition) is 1. The van der Waals surface area contributed by atoms with E-state index in [2.05, 4.69) is 48.2 Å². The summed E-state index contributed by atoms with van der Waals surface area (Å²) in [6.45, 7) is 3.21. The summed E-state index contributed by atoms with van der Waals surface area (Å²) in [6, 6.07) is 11.2. The molecule has 1 heterocycles. The molecule has 0 amide bonds. The summed E-state index contributed by atoms with van der Waals surface area (Å²) in [5.41, 5.74) is 1.32. The van der Waals surface area contributed by atoms with Gasteiger partial charge in [0.15, 0.2) is 0 Å². The molecule has 1 N–H and O–H groups in total. The van der Waals surface area contributed by atoms with E-state index in [9.17, 15) is 5.11 Å². The van der Waals surface area contributed by atoms with E-state index in [-0.39, 0.29) is 12.0 Å². The third kappa shape index (κ3) is 2.14. The molecular formula is C16H19NO. The summed E-state index contributed by atoms with van der Waals surface area (Å²) in [4.78, 5) is 2.36. The summed E-state index contributed by atoms with van der Waals surface area (Å²) in [6.07, 6.45) is 7.91. The second kappa shape index (κ2) is 4.71. The van der Waals surface area contributed by atoms with Gasteiger partial charge in [-0.3, -0.25) is 4.90 Å². The van der Waals surface area contributed by atoms with Crippen LogP contribution >= 0.6 is 0 Å². The summed E-state index contributed by atoms with van der Waals surface area (Å²) in [7, 11) is 0. The van der Waals surface area contributed by atoms with Gasteiger partial charge in [0.25, 0.3) is 0 Å². The number of hydrogen-bond acceptors (Lipinski definition) is 2. The molecule has 18 heavy (non-hydrogen) atoms. The Morgan fingerprint density at radius 1 is 1.17 bits per heavy atom. The van der Waals surface area contributed by atoms with Crippen molar-refractivity contribution >= 4 is 0 Å². The molecule has 2 nitrogen and oxygen atoms in total. The number of aliphatic hydroxyl groups is 1. The minimum Gasteiger partial charge on any atom is -0.390 e. The van der Waals surface area contributed by atoms with Crippen molar-refractivity contribution in [1.82, 2.24) is 4.90 Å². The molecule has 2 heteroatoms. The Hall–Kier alpha value is -1.38. The molecule has 1 aliphatic heterocycles. The first-order valence-electron chi connectivity index (χ1n) is 6.61. The van der Waals surface area contributed by atoms with E-state index in [0.29, 0.717) is 12.1 Å². The molecule has 0 aromatic heterocycles. The van der Waals surface area contributed by atoms with Crippen LogP contribution in [-0.2, 0) is 0 Å². The fraction of sp³-hybridized carbons (Fsp3) is 0.375. The lowest BCUT2D eigenvalue weighted by Crippen LogP contribution is -2.26. The highest BCUT2D eigenvalue weighted by molar-refractivity contribution is 5.24. The molecule has 1 aliphatic carbocycles. The molecular weight excluding hydrogens is 222 g/mol. The maximum Gasteiger partial charge on any atom is 0.0805 e. The topological polar surface area (TPSA) is 23.2 Å². The van der Waals surface area contributed by atoms with E-state index >= 15 is 0 Å². The summed E-state index contributed by atoms with van der Waals surface area (Å²) in [5.74, 6) is 0.197. The van der Waals surface area contributed by atoms with Crippen LogP contribution in [0.5, 0.6) is 0 Å². The molecule has 1 saturated heterocycles. The zero-order valence-electron chi connectivity index (χ0n) is 10.6. The molecule has 4 atom stereocenters. The summed E-state index contributed by atoms with van der Waals surface area (Å²) in [5, 5.41) is 10.3. The molecule has 3 rings (SSSR count). The van der Waals surface area contributed by atoms with E-state index in [1.54, 1.807) is 0 Å². The highest BCUT2D eigenvalue weighted by Gasteiger charge is 2.44. The first-order valence-corrected chi connectivity index (χ1v) is 6.61. The first-order chi connectivity index (χ1) is 8.77. The van der Waals surface area contributed by atoms with Crippen molar-refractivity contribution in [2.24, 2.45) is 5.92 Å². The molecule has 0 bridgehead atoms. The molecule has 0 saturated carbocycles. The van der Waals surface area contributed by atoms with Gasteiger partial charge in [0.2, 0.25) is 0 Å². The Morgan fingerprint density at radius 2 is 1.83 bits per heavy atom. The number of nitrogens with zero attached hydrogens (tertiary/aromatic N) is 1. The molecule has 0 spiro atoms.